The van der Waals surface area contributed by atoms with Gasteiger partial charge < -0.3 is 10.2 Å². The van der Waals surface area contributed by atoms with Gasteiger partial charge in [-0.1, -0.05) is 25.4 Å². The summed E-state index contributed by atoms with van der Waals surface area (Å²) in [5, 5.41) is 2.61. The smallest absolute Gasteiger partial charge is 0.327 e. The van der Waals surface area contributed by atoms with Crippen LogP contribution in [0.2, 0.25) is 5.02 Å². The van der Waals surface area contributed by atoms with E-state index in [4.69, 9.17) is 11.6 Å². The Balaban J connectivity index is 2.02. The standard InChI is InChI=1S/C16H20ClF3N2O/c1-10-5-11(2)8-22(7-10)9-15(23)21-14-6-12(16(18,19)20)3-4-13(14)17/h3-4,6,10-11H,5,7-9H2,1-2H3,(H,21,23)/p+1/t10-,11+. The lowest BCUT2D eigenvalue weighted by molar-refractivity contribution is -0.904. The van der Waals surface area contributed by atoms with Crippen LogP contribution in [0.4, 0.5) is 18.9 Å². The Labute approximate surface area is 138 Å². The van der Waals surface area contributed by atoms with Crippen molar-refractivity contribution in [2.45, 2.75) is 26.4 Å². The van der Waals surface area contributed by atoms with Crippen molar-refractivity contribution < 1.29 is 22.9 Å². The third kappa shape index (κ3) is 5.11. The third-order valence-corrected chi connectivity index (χ3v) is 4.39. The van der Waals surface area contributed by atoms with Crippen molar-refractivity contribution in [3.63, 3.8) is 0 Å². The molecule has 0 aromatic heterocycles. The van der Waals surface area contributed by atoms with Crippen LogP contribution < -0.4 is 10.2 Å². The highest BCUT2D eigenvalue weighted by Crippen LogP contribution is 2.33. The molecule has 1 fully saturated rings. The van der Waals surface area contributed by atoms with Crippen LogP contribution >= 0.6 is 11.6 Å². The van der Waals surface area contributed by atoms with Crippen molar-refractivity contribution in [2.24, 2.45) is 11.8 Å². The molecule has 1 amide bonds. The molecule has 1 aliphatic rings. The van der Waals surface area contributed by atoms with Crippen LogP contribution in [0.15, 0.2) is 18.2 Å². The second kappa shape index (κ2) is 7.09. The van der Waals surface area contributed by atoms with E-state index in [9.17, 15) is 18.0 Å². The van der Waals surface area contributed by atoms with Crippen LogP contribution in [0.3, 0.4) is 0 Å². The minimum Gasteiger partial charge on any atom is -0.327 e. The Morgan fingerprint density at radius 2 is 1.91 bits per heavy atom. The summed E-state index contributed by atoms with van der Waals surface area (Å²) in [4.78, 5) is 13.3. The highest BCUT2D eigenvalue weighted by molar-refractivity contribution is 6.33. The molecule has 1 aromatic rings. The van der Waals surface area contributed by atoms with Crippen molar-refractivity contribution in [1.82, 2.24) is 0 Å². The van der Waals surface area contributed by atoms with Gasteiger partial charge in [0.2, 0.25) is 0 Å². The maximum Gasteiger partial charge on any atom is 0.416 e. The molecule has 1 aromatic carbocycles. The molecule has 2 rings (SSSR count). The lowest BCUT2D eigenvalue weighted by atomic mass is 9.92. The largest absolute Gasteiger partial charge is 0.416 e. The van der Waals surface area contributed by atoms with Gasteiger partial charge >= 0.3 is 6.18 Å². The lowest BCUT2D eigenvalue weighted by Crippen LogP contribution is -3.15. The van der Waals surface area contributed by atoms with Crippen LogP contribution in [0.25, 0.3) is 0 Å². The van der Waals surface area contributed by atoms with Gasteiger partial charge in [0.1, 0.15) is 0 Å². The van der Waals surface area contributed by atoms with Gasteiger partial charge in [-0.05, 0) is 24.6 Å². The topological polar surface area (TPSA) is 33.5 Å². The van der Waals surface area contributed by atoms with Crippen LogP contribution in [-0.4, -0.2) is 25.5 Å². The summed E-state index contributed by atoms with van der Waals surface area (Å²) >= 11 is 5.89. The average molecular weight is 350 g/mol. The highest BCUT2D eigenvalue weighted by Gasteiger charge is 2.31. The van der Waals surface area contributed by atoms with E-state index in [-0.39, 0.29) is 23.2 Å². The summed E-state index contributed by atoms with van der Waals surface area (Å²) in [6, 6.07) is 2.92. The average Bonchev–Trinajstić information content (AvgIpc) is 2.38. The number of alkyl halides is 3. The number of nitrogens with one attached hydrogen (secondary N) is 2. The van der Waals surface area contributed by atoms with Crippen LogP contribution in [-0.2, 0) is 11.0 Å². The maximum absolute atomic E-state index is 12.7. The fraction of sp³-hybridized carbons (Fsp3) is 0.562. The van der Waals surface area contributed by atoms with Crippen molar-refractivity contribution in [1.29, 1.82) is 0 Å². The molecule has 1 heterocycles. The molecule has 0 radical (unpaired) electrons. The van der Waals surface area contributed by atoms with Gasteiger partial charge in [-0.25, -0.2) is 0 Å². The van der Waals surface area contributed by atoms with Crippen molar-refractivity contribution >= 4 is 23.2 Å². The van der Waals surface area contributed by atoms with Crippen molar-refractivity contribution in [2.75, 3.05) is 25.0 Å². The minimum atomic E-state index is -4.47. The van der Waals surface area contributed by atoms with Gasteiger partial charge in [-0.2, -0.15) is 13.2 Å². The first kappa shape index (κ1) is 18.1. The molecule has 0 saturated carbocycles. The number of amides is 1. The molecule has 3 nitrogen and oxygen atoms in total. The third-order valence-electron chi connectivity index (χ3n) is 4.06. The molecule has 1 saturated heterocycles. The molecule has 3 atom stereocenters. The molecule has 7 heteroatoms. The zero-order valence-electron chi connectivity index (χ0n) is 13.1. The number of hydrogen-bond donors (Lipinski definition) is 2. The van der Waals surface area contributed by atoms with Gasteiger partial charge in [-0.15, -0.1) is 0 Å². The maximum atomic E-state index is 12.7. The molecule has 0 aliphatic carbocycles. The zero-order chi connectivity index (χ0) is 17.2. The molecule has 1 aliphatic heterocycles. The van der Waals surface area contributed by atoms with Crippen LogP contribution in [0.5, 0.6) is 0 Å². The Bertz CT molecular complexity index is 567. The van der Waals surface area contributed by atoms with Crippen LogP contribution in [0.1, 0.15) is 25.8 Å². The summed E-state index contributed by atoms with van der Waals surface area (Å²) in [5.41, 5.74) is -0.825. The predicted molar refractivity (Wildman–Crippen MR) is 83.6 cm³/mol. The van der Waals surface area contributed by atoms with E-state index < -0.39 is 11.7 Å². The van der Waals surface area contributed by atoms with Crippen LogP contribution in [0, 0.1) is 11.8 Å². The van der Waals surface area contributed by atoms with Gasteiger partial charge in [0.25, 0.3) is 5.91 Å². The first-order valence-corrected chi connectivity index (χ1v) is 8.03. The molecule has 0 spiro atoms. The molecular formula is C16H21ClF3N2O+. The first-order chi connectivity index (χ1) is 10.6. The van der Waals surface area contributed by atoms with E-state index in [1.165, 1.54) is 0 Å². The first-order valence-electron chi connectivity index (χ1n) is 7.65. The summed E-state index contributed by atoms with van der Waals surface area (Å²) in [6.07, 6.45) is -3.32. The number of piperidine rings is 1. The van der Waals surface area contributed by atoms with E-state index >= 15 is 0 Å². The molecule has 23 heavy (non-hydrogen) atoms. The van der Waals surface area contributed by atoms with Crippen molar-refractivity contribution in [3.8, 4) is 0 Å². The molecule has 0 bridgehead atoms. The van der Waals surface area contributed by atoms with Gasteiger partial charge in [0, 0.05) is 11.8 Å². The van der Waals surface area contributed by atoms with Gasteiger partial charge in [0.05, 0.1) is 29.4 Å². The molecule has 128 valence electrons. The summed E-state index contributed by atoms with van der Waals surface area (Å²) in [7, 11) is 0. The van der Waals surface area contributed by atoms with Gasteiger partial charge in [0.15, 0.2) is 6.54 Å². The lowest BCUT2D eigenvalue weighted by Gasteiger charge is -2.31. The fourth-order valence-corrected chi connectivity index (χ4v) is 3.45. The van der Waals surface area contributed by atoms with Gasteiger partial charge in [-0.3, -0.25) is 4.79 Å². The molecular weight excluding hydrogens is 329 g/mol. The SMILES string of the molecule is C[C@@H]1C[C@H](C)C[NH+](CC(=O)Nc2cc(C(F)(F)F)ccc2Cl)C1. The highest BCUT2D eigenvalue weighted by atomic mass is 35.5. The number of anilines is 1. The zero-order valence-corrected chi connectivity index (χ0v) is 13.9. The number of carbonyl (C=O) groups is 1. The number of rotatable bonds is 3. The molecule has 1 unspecified atom stereocenters. The fourth-order valence-electron chi connectivity index (χ4n) is 3.29. The van der Waals surface area contributed by atoms with E-state index in [2.05, 4.69) is 19.2 Å². The summed E-state index contributed by atoms with van der Waals surface area (Å²) < 4.78 is 38.2. The Morgan fingerprint density at radius 1 is 1.30 bits per heavy atom. The number of carbonyl (C=O) groups excluding carboxylic acids is 1. The second-order valence-electron chi connectivity index (χ2n) is 6.52. The number of benzene rings is 1. The predicted octanol–water partition coefficient (Wildman–Crippen LogP) is 2.86. The van der Waals surface area contributed by atoms with E-state index in [1.807, 2.05) is 0 Å². The second-order valence-corrected chi connectivity index (χ2v) is 6.93. The van der Waals surface area contributed by atoms with E-state index in [0.29, 0.717) is 11.8 Å². The Hall–Kier alpha value is -1.27. The summed E-state index contributed by atoms with van der Waals surface area (Å²) in [6.45, 7) is 6.33. The number of likely N-dealkylation sites (tertiary alicyclic amines) is 1. The number of quaternary nitrogens is 1. The normalized spacial score (nSPS) is 25.2. The Morgan fingerprint density at radius 3 is 2.48 bits per heavy atom. The number of hydrogen-bond acceptors (Lipinski definition) is 1. The monoisotopic (exact) mass is 349 g/mol. The minimum absolute atomic E-state index is 0.00370. The quantitative estimate of drug-likeness (QED) is 0.864. The molecule has 2 N–H and O–H groups in total. The van der Waals surface area contributed by atoms with E-state index in [0.717, 1.165) is 42.6 Å². The number of halogens is 4. The van der Waals surface area contributed by atoms with E-state index in [1.54, 1.807) is 0 Å². The Kier molecular flexibility index (Phi) is 5.57. The van der Waals surface area contributed by atoms with Crippen molar-refractivity contribution in [3.05, 3.63) is 28.8 Å². The summed E-state index contributed by atoms with van der Waals surface area (Å²) in [5.74, 6) is 0.764.